The van der Waals surface area contributed by atoms with Gasteiger partial charge in [0.2, 0.25) is 0 Å². The van der Waals surface area contributed by atoms with Crippen molar-refractivity contribution in [3.63, 3.8) is 0 Å². The summed E-state index contributed by atoms with van der Waals surface area (Å²) in [5, 5.41) is 2.52. The van der Waals surface area contributed by atoms with Crippen LogP contribution in [0.4, 0.5) is 4.79 Å². The van der Waals surface area contributed by atoms with E-state index in [1.165, 1.54) is 6.92 Å². The number of amides is 1. The van der Waals surface area contributed by atoms with E-state index in [9.17, 15) is 14.4 Å². The molecule has 0 heterocycles. The van der Waals surface area contributed by atoms with Crippen LogP contribution in [0.25, 0.3) is 0 Å². The lowest BCUT2D eigenvalue weighted by molar-refractivity contribution is -0.211. The molecule has 0 unspecified atom stereocenters. The number of rotatable bonds is 6. The van der Waals surface area contributed by atoms with Gasteiger partial charge in [-0.05, 0) is 57.9 Å². The molecule has 0 fully saturated rings. The first-order valence-corrected chi connectivity index (χ1v) is 8.05. The minimum absolute atomic E-state index is 0.264. The number of carbonyl (C=O) groups is 3. The summed E-state index contributed by atoms with van der Waals surface area (Å²) in [5.74, 6) is -0.473. The van der Waals surface area contributed by atoms with E-state index >= 15 is 0 Å². The molecule has 7 nitrogen and oxygen atoms in total. The second kappa shape index (κ2) is 8.50. The molecule has 1 N–H and O–H groups in total. The van der Waals surface area contributed by atoms with Crippen molar-refractivity contribution in [2.75, 3.05) is 0 Å². The van der Waals surface area contributed by atoms with Crippen LogP contribution in [0.5, 0.6) is 5.75 Å². The molecule has 0 aromatic heterocycles. The maximum absolute atomic E-state index is 12.5. The van der Waals surface area contributed by atoms with Crippen LogP contribution in [-0.4, -0.2) is 29.5 Å². The Morgan fingerprint density at radius 2 is 1.84 bits per heavy atom. The highest BCUT2D eigenvalue weighted by molar-refractivity contribution is 6.01. The first-order valence-electron chi connectivity index (χ1n) is 8.05. The molecule has 1 aromatic carbocycles. The zero-order valence-corrected chi connectivity index (χ0v) is 15.5. The lowest BCUT2D eigenvalue weighted by Gasteiger charge is -2.21. The quantitative estimate of drug-likeness (QED) is 0.481. The van der Waals surface area contributed by atoms with E-state index in [0.717, 1.165) is 0 Å². The number of benzene rings is 1. The van der Waals surface area contributed by atoms with Crippen molar-refractivity contribution in [1.29, 1.82) is 0 Å². The van der Waals surface area contributed by atoms with Gasteiger partial charge in [-0.15, -0.1) is 0 Å². The number of nitrogens with one attached hydrogen (secondary N) is 1. The Hall–Kier alpha value is -2.57. The van der Waals surface area contributed by atoms with Gasteiger partial charge < -0.3 is 10.1 Å². The van der Waals surface area contributed by atoms with E-state index in [4.69, 9.17) is 9.62 Å². The van der Waals surface area contributed by atoms with Crippen molar-refractivity contribution in [3.8, 4) is 5.75 Å². The maximum atomic E-state index is 12.5. The number of alkyl carbamates (subject to hydrolysis) is 1. The Balaban J connectivity index is 2.83. The highest BCUT2D eigenvalue weighted by Crippen LogP contribution is 2.22. The smallest absolute Gasteiger partial charge is 0.408 e. The maximum Gasteiger partial charge on any atom is 0.408 e. The van der Waals surface area contributed by atoms with Gasteiger partial charge in [0.15, 0.2) is 11.5 Å². The number of hydrogen-bond acceptors (Lipinski definition) is 6. The fourth-order valence-electron chi connectivity index (χ4n) is 1.99. The third-order valence-corrected chi connectivity index (χ3v) is 3.10. The van der Waals surface area contributed by atoms with Crippen LogP contribution in [-0.2, 0) is 20.8 Å². The summed E-state index contributed by atoms with van der Waals surface area (Å²) in [6, 6.07) is 4.00. The van der Waals surface area contributed by atoms with Gasteiger partial charge in [-0.25, -0.2) is 9.59 Å². The third-order valence-electron chi connectivity index (χ3n) is 3.10. The second-order valence-corrected chi connectivity index (χ2v) is 6.57. The van der Waals surface area contributed by atoms with E-state index in [2.05, 4.69) is 10.2 Å². The van der Waals surface area contributed by atoms with Crippen LogP contribution in [0.2, 0.25) is 0 Å². The Bertz CT molecular complexity index is 647. The van der Waals surface area contributed by atoms with E-state index in [1.807, 2.05) is 6.92 Å². The van der Waals surface area contributed by atoms with E-state index < -0.39 is 23.7 Å². The molecule has 1 aromatic rings. The van der Waals surface area contributed by atoms with Crippen molar-refractivity contribution < 1.29 is 28.9 Å². The Morgan fingerprint density at radius 3 is 2.36 bits per heavy atom. The molecule has 138 valence electrons. The van der Waals surface area contributed by atoms with Gasteiger partial charge >= 0.3 is 12.1 Å². The van der Waals surface area contributed by atoms with Gasteiger partial charge in [-0.1, -0.05) is 6.92 Å². The number of carbonyl (C=O) groups excluding carboxylic acids is 3. The summed E-state index contributed by atoms with van der Waals surface area (Å²) in [5.41, 5.74) is 0.477. The molecule has 0 saturated heterocycles. The highest BCUT2D eigenvalue weighted by atomic mass is 17.2. The third kappa shape index (κ3) is 6.82. The predicted octanol–water partition coefficient (Wildman–Crippen LogP) is 3.20. The average molecular weight is 351 g/mol. The van der Waals surface area contributed by atoms with E-state index in [-0.39, 0.29) is 5.78 Å². The van der Waals surface area contributed by atoms with Crippen LogP contribution >= 0.6 is 0 Å². The lowest BCUT2D eigenvalue weighted by atomic mass is 10.0. The molecular weight excluding hydrogens is 326 g/mol. The summed E-state index contributed by atoms with van der Waals surface area (Å²) < 4.78 is 5.14. The van der Waals surface area contributed by atoms with Crippen molar-refractivity contribution in [2.24, 2.45) is 0 Å². The first-order chi connectivity index (χ1) is 11.5. The first kappa shape index (κ1) is 20.5. The normalized spacial score (nSPS) is 12.1. The molecule has 0 spiro atoms. The van der Waals surface area contributed by atoms with Crippen molar-refractivity contribution in [1.82, 2.24) is 5.32 Å². The molecule has 1 amide bonds. The molecule has 0 aliphatic carbocycles. The second-order valence-electron chi connectivity index (χ2n) is 6.57. The number of hydrogen-bond donors (Lipinski definition) is 1. The number of aryl methyl sites for hydroxylation is 1. The fourth-order valence-corrected chi connectivity index (χ4v) is 1.99. The van der Waals surface area contributed by atoms with E-state index in [0.29, 0.717) is 23.3 Å². The van der Waals surface area contributed by atoms with Gasteiger partial charge in [0, 0.05) is 12.5 Å². The molecule has 1 atom stereocenters. The molecule has 25 heavy (non-hydrogen) atoms. The Labute approximate surface area is 147 Å². The van der Waals surface area contributed by atoms with Crippen LogP contribution in [0, 0.1) is 0 Å². The summed E-state index contributed by atoms with van der Waals surface area (Å²) in [6.45, 7) is 9.93. The van der Waals surface area contributed by atoms with Gasteiger partial charge in [0.1, 0.15) is 5.60 Å². The fraction of sp³-hybridized carbons (Fsp3) is 0.500. The summed E-state index contributed by atoms with van der Waals surface area (Å²) >= 11 is 0. The van der Waals surface area contributed by atoms with Crippen LogP contribution < -0.4 is 10.2 Å². The Morgan fingerprint density at radius 1 is 1.20 bits per heavy atom. The predicted molar refractivity (Wildman–Crippen MR) is 91.4 cm³/mol. The summed E-state index contributed by atoms with van der Waals surface area (Å²) in [6.07, 6.45) is -0.0788. The number of ketones is 1. The lowest BCUT2D eigenvalue weighted by Crippen LogP contribution is -2.41. The molecule has 1 rings (SSSR count). The van der Waals surface area contributed by atoms with Gasteiger partial charge in [0.05, 0.1) is 6.04 Å². The minimum Gasteiger partial charge on any atom is -0.444 e. The minimum atomic E-state index is -0.750. The van der Waals surface area contributed by atoms with Crippen molar-refractivity contribution in [2.45, 2.75) is 59.6 Å². The van der Waals surface area contributed by atoms with Crippen LogP contribution in [0.15, 0.2) is 18.2 Å². The molecule has 0 bridgehead atoms. The molecule has 0 aliphatic rings. The van der Waals surface area contributed by atoms with E-state index in [1.54, 1.807) is 45.9 Å². The molecule has 0 saturated carbocycles. The van der Waals surface area contributed by atoms with Gasteiger partial charge in [-0.3, -0.25) is 14.6 Å². The number of Topliss-reactive ketones (excluding diaryl/α,β-unsaturated/α-hetero) is 1. The van der Waals surface area contributed by atoms with Crippen molar-refractivity contribution in [3.05, 3.63) is 29.3 Å². The van der Waals surface area contributed by atoms with Gasteiger partial charge in [-0.2, -0.15) is 0 Å². The zero-order valence-electron chi connectivity index (χ0n) is 15.5. The largest absolute Gasteiger partial charge is 0.444 e. The summed E-state index contributed by atoms with van der Waals surface area (Å²) in [4.78, 5) is 44.6. The summed E-state index contributed by atoms with van der Waals surface area (Å²) in [7, 11) is 0. The molecule has 0 radical (unpaired) electrons. The van der Waals surface area contributed by atoms with Crippen LogP contribution in [0.1, 0.15) is 57.5 Å². The average Bonchev–Trinajstić information content (AvgIpc) is 2.49. The Kier molecular flexibility index (Phi) is 6.97. The zero-order chi connectivity index (χ0) is 19.2. The number of ether oxygens (including phenoxy) is 1. The van der Waals surface area contributed by atoms with Crippen LogP contribution in [0.3, 0.4) is 0 Å². The van der Waals surface area contributed by atoms with Crippen molar-refractivity contribution >= 4 is 17.8 Å². The molecule has 0 aliphatic heterocycles. The SMILES string of the molecule is CCc1cc(C(=O)[C@H](C)NC(=O)OC(C)(C)C)ccc1OOC(C)=O. The topological polar surface area (TPSA) is 90.9 Å². The molecule has 7 heteroatoms. The molecular formula is C18H25NO6. The van der Waals surface area contributed by atoms with Gasteiger partial charge in [0.25, 0.3) is 0 Å². The monoisotopic (exact) mass is 351 g/mol. The highest BCUT2D eigenvalue weighted by Gasteiger charge is 2.22. The standard InChI is InChI=1S/C18H25NO6/c1-7-13-10-14(8-9-15(13)25-24-12(3)20)16(21)11(2)19-17(22)23-18(4,5)6/h8-11H,7H2,1-6H3,(H,19,22)/t11-/m0/s1.